The van der Waals surface area contributed by atoms with Gasteiger partial charge in [0, 0.05) is 30.8 Å². The van der Waals surface area contributed by atoms with Crippen molar-refractivity contribution in [1.82, 2.24) is 4.90 Å². The van der Waals surface area contributed by atoms with Crippen LogP contribution in [0.3, 0.4) is 0 Å². The quantitative estimate of drug-likeness (QED) is 0.449. The number of non-ortho nitro benzene ring substituents is 1. The number of fused-ring (bicyclic) bond motifs is 1. The highest BCUT2D eigenvalue weighted by Crippen LogP contribution is 2.38. The normalized spacial score (nSPS) is 18.4. The van der Waals surface area contributed by atoms with Crippen molar-refractivity contribution in [2.45, 2.75) is 13.5 Å². The van der Waals surface area contributed by atoms with Crippen LogP contribution in [0.2, 0.25) is 0 Å². The summed E-state index contributed by atoms with van der Waals surface area (Å²) >= 11 is 0. The standard InChI is InChI=1S/C22H23N3O5/c1-2-23-9-11-24(12-10-23)14-18-19(26)8-7-17-21(27)20(30-22(17)18)13-15-3-5-16(6-4-15)25(28)29/h3-8,13,26H,2,9-12,14H2,1H3/b20-13-. The molecule has 2 heterocycles. The number of nitro benzene ring substituents is 1. The molecule has 8 heteroatoms. The Hall–Kier alpha value is -3.23. The molecule has 0 saturated carbocycles. The van der Waals surface area contributed by atoms with Crippen LogP contribution in [0, 0.1) is 10.1 Å². The zero-order valence-electron chi connectivity index (χ0n) is 16.7. The van der Waals surface area contributed by atoms with Gasteiger partial charge in [0.2, 0.25) is 5.78 Å². The minimum atomic E-state index is -0.477. The summed E-state index contributed by atoms with van der Waals surface area (Å²) in [6.07, 6.45) is 1.55. The lowest BCUT2D eigenvalue weighted by Gasteiger charge is -2.32. The molecule has 0 aliphatic carbocycles. The van der Waals surface area contributed by atoms with Crippen molar-refractivity contribution in [3.05, 3.63) is 69.0 Å². The van der Waals surface area contributed by atoms with E-state index in [2.05, 4.69) is 11.8 Å². The minimum Gasteiger partial charge on any atom is -0.872 e. The summed E-state index contributed by atoms with van der Waals surface area (Å²) in [5.74, 6) is 0.0709. The van der Waals surface area contributed by atoms with Crippen LogP contribution in [0.15, 0.2) is 42.2 Å². The summed E-state index contributed by atoms with van der Waals surface area (Å²) in [6.45, 7) is 7.54. The number of quaternary nitrogens is 1. The maximum absolute atomic E-state index is 12.8. The summed E-state index contributed by atoms with van der Waals surface area (Å²) in [6, 6.07) is 8.82. The van der Waals surface area contributed by atoms with Crippen molar-refractivity contribution < 1.29 is 24.5 Å². The second-order valence-electron chi connectivity index (χ2n) is 7.57. The van der Waals surface area contributed by atoms with Crippen molar-refractivity contribution in [3.63, 3.8) is 0 Å². The Morgan fingerprint density at radius 1 is 1.17 bits per heavy atom. The molecule has 30 heavy (non-hydrogen) atoms. The van der Waals surface area contributed by atoms with Gasteiger partial charge in [-0.2, -0.15) is 0 Å². The summed E-state index contributed by atoms with van der Waals surface area (Å²) < 4.78 is 5.85. The number of carbonyl (C=O) groups excluding carboxylic acids is 1. The van der Waals surface area contributed by atoms with Crippen molar-refractivity contribution in [1.29, 1.82) is 0 Å². The van der Waals surface area contributed by atoms with Gasteiger partial charge in [-0.15, -0.1) is 0 Å². The molecule has 0 atom stereocenters. The van der Waals surface area contributed by atoms with Crippen LogP contribution in [-0.2, 0) is 6.54 Å². The van der Waals surface area contributed by atoms with E-state index in [0.29, 0.717) is 29.0 Å². The zero-order chi connectivity index (χ0) is 21.3. The number of nitrogens with zero attached hydrogens (tertiary/aromatic N) is 2. The Kier molecular flexibility index (Phi) is 5.52. The summed E-state index contributed by atoms with van der Waals surface area (Å²) in [7, 11) is 0. The van der Waals surface area contributed by atoms with Crippen LogP contribution in [0.4, 0.5) is 5.69 Å². The maximum atomic E-state index is 12.8. The lowest BCUT2D eigenvalue weighted by molar-refractivity contribution is -0.918. The number of hydrogen-bond donors (Lipinski definition) is 1. The first-order valence-corrected chi connectivity index (χ1v) is 10.0. The molecule has 2 aromatic rings. The van der Waals surface area contributed by atoms with E-state index in [9.17, 15) is 20.0 Å². The first-order chi connectivity index (χ1) is 14.5. The highest BCUT2D eigenvalue weighted by atomic mass is 16.6. The van der Waals surface area contributed by atoms with Gasteiger partial charge in [-0.25, -0.2) is 0 Å². The number of hydrogen-bond acceptors (Lipinski definition) is 6. The van der Waals surface area contributed by atoms with Crippen molar-refractivity contribution in [3.8, 4) is 11.5 Å². The SMILES string of the molecule is CCN1CC[NH+](Cc2c([O-])ccc3c2O/C(=C\c2ccc([N+](=O)[O-])cc2)C3=O)CC1. The van der Waals surface area contributed by atoms with E-state index in [1.807, 2.05) is 0 Å². The number of carbonyl (C=O) groups is 1. The zero-order valence-corrected chi connectivity index (χ0v) is 16.7. The van der Waals surface area contributed by atoms with Gasteiger partial charge in [-0.05, 0) is 36.4 Å². The molecular weight excluding hydrogens is 386 g/mol. The number of ketones is 1. The third-order valence-corrected chi connectivity index (χ3v) is 5.74. The molecule has 0 radical (unpaired) electrons. The monoisotopic (exact) mass is 409 g/mol. The van der Waals surface area contributed by atoms with Gasteiger partial charge in [0.05, 0.1) is 23.6 Å². The average molecular weight is 409 g/mol. The molecule has 0 unspecified atom stereocenters. The lowest BCUT2D eigenvalue weighted by atomic mass is 10.0. The van der Waals surface area contributed by atoms with E-state index < -0.39 is 4.92 Å². The largest absolute Gasteiger partial charge is 0.872 e. The van der Waals surface area contributed by atoms with Crippen LogP contribution >= 0.6 is 0 Å². The molecule has 2 aliphatic heterocycles. The van der Waals surface area contributed by atoms with Gasteiger partial charge < -0.3 is 14.7 Å². The number of rotatable bonds is 5. The van der Waals surface area contributed by atoms with E-state index in [1.165, 1.54) is 29.2 Å². The van der Waals surface area contributed by atoms with Crippen LogP contribution in [-0.4, -0.2) is 48.3 Å². The predicted molar refractivity (Wildman–Crippen MR) is 108 cm³/mol. The smallest absolute Gasteiger partial charge is 0.269 e. The summed E-state index contributed by atoms with van der Waals surface area (Å²) in [5, 5.41) is 23.4. The van der Waals surface area contributed by atoms with Crippen LogP contribution in [0.25, 0.3) is 6.08 Å². The molecule has 2 aromatic carbocycles. The van der Waals surface area contributed by atoms with E-state index in [1.54, 1.807) is 18.2 Å². The number of likely N-dealkylation sites (N-methyl/N-ethyl adjacent to an activating group) is 1. The van der Waals surface area contributed by atoms with Gasteiger partial charge in [-0.1, -0.05) is 18.7 Å². The van der Waals surface area contributed by atoms with Gasteiger partial charge in [0.1, 0.15) is 12.3 Å². The predicted octanol–water partition coefficient (Wildman–Crippen LogP) is 1.01. The number of nitrogens with one attached hydrogen (secondary N) is 1. The highest BCUT2D eigenvalue weighted by Gasteiger charge is 2.31. The second kappa shape index (κ2) is 8.25. The molecule has 0 spiro atoms. The fraction of sp³-hybridized carbons (Fsp3) is 0.318. The van der Waals surface area contributed by atoms with Crippen LogP contribution in [0.5, 0.6) is 11.5 Å². The molecule has 1 fully saturated rings. The number of piperazine rings is 1. The molecule has 2 aliphatic rings. The Balaban J connectivity index is 1.57. The van der Waals surface area contributed by atoms with Gasteiger partial charge in [-0.3, -0.25) is 19.8 Å². The molecule has 156 valence electrons. The Labute approximate surface area is 174 Å². The van der Waals surface area contributed by atoms with E-state index >= 15 is 0 Å². The molecule has 1 saturated heterocycles. The number of Topliss-reactive ketones (excluding diaryl/α,β-unsaturated/α-hetero) is 1. The fourth-order valence-electron chi connectivity index (χ4n) is 3.91. The maximum Gasteiger partial charge on any atom is 0.269 e. The van der Waals surface area contributed by atoms with Gasteiger partial charge in [0.25, 0.3) is 5.69 Å². The third kappa shape index (κ3) is 3.92. The number of ether oxygens (including phenoxy) is 1. The first kappa shape index (κ1) is 20.1. The minimum absolute atomic E-state index is 0.0245. The molecule has 0 amide bonds. The van der Waals surface area contributed by atoms with E-state index in [-0.39, 0.29) is 23.0 Å². The Morgan fingerprint density at radius 2 is 1.87 bits per heavy atom. The second-order valence-corrected chi connectivity index (χ2v) is 7.57. The molecule has 0 bridgehead atoms. The Morgan fingerprint density at radius 3 is 2.50 bits per heavy atom. The average Bonchev–Trinajstić information content (AvgIpc) is 3.06. The van der Waals surface area contributed by atoms with Crippen molar-refractivity contribution in [2.24, 2.45) is 0 Å². The highest BCUT2D eigenvalue weighted by molar-refractivity contribution is 6.14. The van der Waals surface area contributed by atoms with Crippen LogP contribution in [0.1, 0.15) is 28.4 Å². The summed E-state index contributed by atoms with van der Waals surface area (Å²) in [5.41, 5.74) is 1.52. The summed E-state index contributed by atoms with van der Waals surface area (Å²) in [4.78, 5) is 26.8. The molecule has 1 N–H and O–H groups in total. The van der Waals surface area contributed by atoms with Crippen molar-refractivity contribution in [2.75, 3.05) is 32.7 Å². The third-order valence-electron chi connectivity index (χ3n) is 5.74. The number of allylic oxidation sites excluding steroid dienone is 1. The first-order valence-electron chi connectivity index (χ1n) is 10.0. The topological polar surface area (TPSA) is 100 Å². The number of nitro groups is 1. The molecule has 8 nitrogen and oxygen atoms in total. The number of benzene rings is 2. The van der Waals surface area contributed by atoms with Gasteiger partial charge in [0.15, 0.2) is 5.76 Å². The molecular formula is C22H23N3O5. The van der Waals surface area contributed by atoms with Crippen molar-refractivity contribution >= 4 is 17.5 Å². The fourth-order valence-corrected chi connectivity index (χ4v) is 3.91. The van der Waals surface area contributed by atoms with E-state index in [0.717, 1.165) is 32.7 Å². The van der Waals surface area contributed by atoms with Gasteiger partial charge >= 0.3 is 0 Å². The molecule has 4 rings (SSSR count). The Bertz CT molecular complexity index is 1010. The lowest BCUT2D eigenvalue weighted by Crippen LogP contribution is -3.13. The molecule has 0 aromatic heterocycles. The van der Waals surface area contributed by atoms with Crippen LogP contribution < -0.4 is 14.7 Å². The van der Waals surface area contributed by atoms with E-state index in [4.69, 9.17) is 4.74 Å².